The SMILES string of the molecule is C[C@H](NC(=O)[C@@H]1CCCN1C(=O)OC(C)(C)C)C(=O)N[C@@H](CO)C(=O)O. The maximum absolute atomic E-state index is 12.4. The Kier molecular flexibility index (Phi) is 7.37. The predicted molar refractivity (Wildman–Crippen MR) is 90.2 cm³/mol. The van der Waals surface area contributed by atoms with E-state index in [2.05, 4.69) is 10.6 Å². The van der Waals surface area contributed by atoms with Gasteiger partial charge in [-0.25, -0.2) is 9.59 Å². The summed E-state index contributed by atoms with van der Waals surface area (Å²) >= 11 is 0. The van der Waals surface area contributed by atoms with E-state index < -0.39 is 54.2 Å². The average Bonchev–Trinajstić information content (AvgIpc) is 2.99. The van der Waals surface area contributed by atoms with Crippen molar-refractivity contribution in [3.8, 4) is 0 Å². The molecule has 0 saturated carbocycles. The van der Waals surface area contributed by atoms with Crippen LogP contribution in [-0.4, -0.2) is 75.9 Å². The molecule has 0 aliphatic carbocycles. The largest absolute Gasteiger partial charge is 0.480 e. The molecule has 0 aromatic heterocycles. The highest BCUT2D eigenvalue weighted by Gasteiger charge is 2.37. The Labute approximate surface area is 151 Å². The molecule has 1 rings (SSSR count). The molecule has 0 radical (unpaired) electrons. The molecule has 1 fully saturated rings. The van der Waals surface area contributed by atoms with Gasteiger partial charge in [0, 0.05) is 6.54 Å². The number of hydrogen-bond donors (Lipinski definition) is 4. The van der Waals surface area contributed by atoms with Crippen LogP contribution in [0.1, 0.15) is 40.5 Å². The summed E-state index contributed by atoms with van der Waals surface area (Å²) in [5.41, 5.74) is -0.690. The number of ether oxygens (including phenoxy) is 1. The van der Waals surface area contributed by atoms with Gasteiger partial charge in [0.2, 0.25) is 11.8 Å². The first-order valence-corrected chi connectivity index (χ1v) is 8.40. The second kappa shape index (κ2) is 8.84. The van der Waals surface area contributed by atoms with Gasteiger partial charge in [0.15, 0.2) is 0 Å². The lowest BCUT2D eigenvalue weighted by atomic mass is 10.2. The van der Waals surface area contributed by atoms with E-state index in [9.17, 15) is 19.2 Å². The highest BCUT2D eigenvalue weighted by molar-refractivity contribution is 5.92. The van der Waals surface area contributed by atoms with E-state index in [1.54, 1.807) is 20.8 Å². The molecule has 0 unspecified atom stereocenters. The lowest BCUT2D eigenvalue weighted by molar-refractivity contribution is -0.143. The van der Waals surface area contributed by atoms with Crippen LogP contribution in [0.5, 0.6) is 0 Å². The second-order valence-corrected chi connectivity index (χ2v) is 7.14. The Morgan fingerprint density at radius 1 is 1.23 bits per heavy atom. The summed E-state index contributed by atoms with van der Waals surface area (Å²) in [4.78, 5) is 48.7. The van der Waals surface area contributed by atoms with Gasteiger partial charge in [0.25, 0.3) is 0 Å². The van der Waals surface area contributed by atoms with E-state index in [0.29, 0.717) is 19.4 Å². The number of carbonyl (C=O) groups excluding carboxylic acids is 3. The number of aliphatic hydroxyl groups is 1. The fourth-order valence-corrected chi connectivity index (χ4v) is 2.44. The van der Waals surface area contributed by atoms with Crippen LogP contribution in [-0.2, 0) is 19.1 Å². The van der Waals surface area contributed by atoms with E-state index >= 15 is 0 Å². The Morgan fingerprint density at radius 2 is 1.85 bits per heavy atom. The minimum Gasteiger partial charge on any atom is -0.480 e. The number of amides is 3. The van der Waals surface area contributed by atoms with Crippen molar-refractivity contribution in [2.24, 2.45) is 0 Å². The molecule has 1 heterocycles. The van der Waals surface area contributed by atoms with Crippen molar-refractivity contribution in [3.05, 3.63) is 0 Å². The number of carboxylic acids is 1. The lowest BCUT2D eigenvalue weighted by Gasteiger charge is -2.28. The fraction of sp³-hybridized carbons (Fsp3) is 0.750. The number of rotatable bonds is 6. The number of aliphatic hydroxyl groups excluding tert-OH is 1. The van der Waals surface area contributed by atoms with Crippen molar-refractivity contribution >= 4 is 23.9 Å². The molecule has 1 saturated heterocycles. The van der Waals surface area contributed by atoms with E-state index in [1.165, 1.54) is 11.8 Å². The number of nitrogens with zero attached hydrogens (tertiary/aromatic N) is 1. The number of hydrogen-bond acceptors (Lipinski definition) is 6. The monoisotopic (exact) mass is 373 g/mol. The first kappa shape index (κ1) is 21.7. The smallest absolute Gasteiger partial charge is 0.410 e. The third-order valence-corrected chi connectivity index (χ3v) is 3.73. The molecule has 0 bridgehead atoms. The van der Waals surface area contributed by atoms with E-state index in [-0.39, 0.29) is 0 Å². The molecule has 1 aliphatic heterocycles. The molecule has 10 nitrogen and oxygen atoms in total. The molecule has 148 valence electrons. The molecular formula is C16H27N3O7. The highest BCUT2D eigenvalue weighted by atomic mass is 16.6. The van der Waals surface area contributed by atoms with E-state index in [1.807, 2.05) is 0 Å². The van der Waals surface area contributed by atoms with Crippen LogP contribution < -0.4 is 10.6 Å². The third-order valence-electron chi connectivity index (χ3n) is 3.73. The summed E-state index contributed by atoms with van der Waals surface area (Å²) in [6.07, 6.45) is 0.468. The molecule has 4 N–H and O–H groups in total. The quantitative estimate of drug-likeness (QED) is 0.489. The number of carboxylic acid groups (broad SMARTS) is 1. The molecule has 3 amide bonds. The predicted octanol–water partition coefficient (Wildman–Crippen LogP) is -0.548. The number of aliphatic carboxylic acids is 1. The maximum Gasteiger partial charge on any atom is 0.410 e. The van der Waals surface area contributed by atoms with Crippen molar-refractivity contribution in [1.29, 1.82) is 0 Å². The van der Waals surface area contributed by atoms with Crippen LogP contribution >= 0.6 is 0 Å². The highest BCUT2D eigenvalue weighted by Crippen LogP contribution is 2.21. The molecule has 0 aromatic carbocycles. The molecule has 0 aromatic rings. The van der Waals surface area contributed by atoms with Crippen LogP contribution in [0.25, 0.3) is 0 Å². The Bertz CT molecular complexity index is 559. The summed E-state index contributed by atoms with van der Waals surface area (Å²) in [7, 11) is 0. The van der Waals surface area contributed by atoms with Crippen LogP contribution in [0, 0.1) is 0 Å². The lowest BCUT2D eigenvalue weighted by Crippen LogP contribution is -2.55. The van der Waals surface area contributed by atoms with Crippen LogP contribution in [0.3, 0.4) is 0 Å². The van der Waals surface area contributed by atoms with Gasteiger partial charge in [-0.15, -0.1) is 0 Å². The first-order chi connectivity index (χ1) is 12.0. The molecule has 26 heavy (non-hydrogen) atoms. The Hall–Kier alpha value is -2.36. The van der Waals surface area contributed by atoms with Crippen molar-refractivity contribution < 1.29 is 34.1 Å². The fourth-order valence-electron chi connectivity index (χ4n) is 2.44. The van der Waals surface area contributed by atoms with Gasteiger partial charge in [-0.3, -0.25) is 14.5 Å². The molecule has 10 heteroatoms. The van der Waals surface area contributed by atoms with E-state index in [4.69, 9.17) is 14.9 Å². The minimum atomic E-state index is -1.45. The molecule has 1 aliphatic rings. The van der Waals surface area contributed by atoms with Crippen LogP contribution in [0.2, 0.25) is 0 Å². The number of likely N-dealkylation sites (tertiary alicyclic amines) is 1. The zero-order valence-electron chi connectivity index (χ0n) is 15.4. The first-order valence-electron chi connectivity index (χ1n) is 8.40. The van der Waals surface area contributed by atoms with Crippen molar-refractivity contribution in [2.75, 3.05) is 13.2 Å². The average molecular weight is 373 g/mol. The van der Waals surface area contributed by atoms with Crippen LogP contribution in [0.15, 0.2) is 0 Å². The number of carbonyl (C=O) groups is 4. The summed E-state index contributed by atoms with van der Waals surface area (Å²) in [5.74, 6) is -2.65. The van der Waals surface area contributed by atoms with Gasteiger partial charge < -0.3 is 25.6 Å². The zero-order chi connectivity index (χ0) is 20.1. The summed E-state index contributed by atoms with van der Waals surface area (Å²) in [6.45, 7) is 6.17. The van der Waals surface area contributed by atoms with E-state index in [0.717, 1.165) is 0 Å². The van der Waals surface area contributed by atoms with Gasteiger partial charge in [-0.05, 0) is 40.5 Å². The van der Waals surface area contributed by atoms with Crippen molar-refractivity contribution in [3.63, 3.8) is 0 Å². The van der Waals surface area contributed by atoms with Crippen molar-refractivity contribution in [1.82, 2.24) is 15.5 Å². The maximum atomic E-state index is 12.4. The molecule has 0 spiro atoms. The van der Waals surface area contributed by atoms with Gasteiger partial charge >= 0.3 is 12.1 Å². The van der Waals surface area contributed by atoms with Gasteiger partial charge in [-0.2, -0.15) is 0 Å². The Balaban J connectivity index is 2.66. The standard InChI is InChI=1S/C16H27N3O7/c1-9(12(21)18-10(8-20)14(23)24)17-13(22)11-6-5-7-19(11)15(25)26-16(2,3)4/h9-11,20H,5-8H2,1-4H3,(H,17,22)(H,18,21)(H,23,24)/t9-,10-,11-/m0/s1. The zero-order valence-corrected chi connectivity index (χ0v) is 15.4. The summed E-state index contributed by atoms with van der Waals surface area (Å²) in [5, 5.41) is 22.3. The number of nitrogens with one attached hydrogen (secondary N) is 2. The third kappa shape index (κ3) is 6.17. The van der Waals surface area contributed by atoms with Crippen molar-refractivity contribution in [2.45, 2.75) is 64.3 Å². The Morgan fingerprint density at radius 3 is 2.35 bits per heavy atom. The van der Waals surface area contributed by atoms with Crippen LogP contribution in [0.4, 0.5) is 4.79 Å². The normalized spacial score (nSPS) is 19.4. The topological polar surface area (TPSA) is 145 Å². The molecular weight excluding hydrogens is 346 g/mol. The summed E-state index contributed by atoms with van der Waals surface area (Å²) < 4.78 is 5.28. The minimum absolute atomic E-state index is 0.374. The summed E-state index contributed by atoms with van der Waals surface area (Å²) in [6, 6.07) is -3.24. The second-order valence-electron chi connectivity index (χ2n) is 7.14. The van der Waals surface area contributed by atoms with Gasteiger partial charge in [-0.1, -0.05) is 0 Å². The van der Waals surface area contributed by atoms with Gasteiger partial charge in [0.1, 0.15) is 23.7 Å². The van der Waals surface area contributed by atoms with Gasteiger partial charge in [0.05, 0.1) is 6.61 Å². The molecule has 3 atom stereocenters.